The zero-order valence-corrected chi connectivity index (χ0v) is 14.7. The van der Waals surface area contributed by atoms with Crippen LogP contribution in [-0.4, -0.2) is 32.9 Å². The topological polar surface area (TPSA) is 72.6 Å². The highest BCUT2D eigenvalue weighted by molar-refractivity contribution is 9.10. The van der Waals surface area contributed by atoms with E-state index >= 15 is 0 Å². The average Bonchev–Trinajstić information content (AvgIpc) is 2.49. The summed E-state index contributed by atoms with van der Waals surface area (Å²) < 4.78 is 33.1. The summed E-state index contributed by atoms with van der Waals surface area (Å²) in [6, 6.07) is 3.07. The van der Waals surface area contributed by atoms with Gasteiger partial charge in [0, 0.05) is 23.2 Å². The third-order valence-electron chi connectivity index (χ3n) is 3.96. The molecule has 21 heavy (non-hydrogen) atoms. The van der Waals surface area contributed by atoms with Gasteiger partial charge in [0.2, 0.25) is 10.0 Å². The molecular weight excluding hydrogens is 356 g/mol. The van der Waals surface area contributed by atoms with Crippen molar-refractivity contribution in [1.82, 2.24) is 4.31 Å². The van der Waals surface area contributed by atoms with Crippen LogP contribution in [0, 0.1) is 5.92 Å². The molecular formula is C14H21BrN2O3S. The second kappa shape index (κ2) is 6.54. The fourth-order valence-corrected chi connectivity index (χ4v) is 4.68. The van der Waals surface area contributed by atoms with E-state index in [0.717, 1.165) is 19.3 Å². The first kappa shape index (κ1) is 16.6. The minimum absolute atomic E-state index is 0.141. The Kier molecular flexibility index (Phi) is 5.16. The smallest absolute Gasteiger partial charge is 0.246 e. The molecule has 1 unspecified atom stereocenters. The highest BCUT2D eigenvalue weighted by atomic mass is 79.9. The summed E-state index contributed by atoms with van der Waals surface area (Å²) in [4.78, 5) is 0.141. The fourth-order valence-electron chi connectivity index (χ4n) is 2.63. The molecule has 2 rings (SSSR count). The van der Waals surface area contributed by atoms with Crippen molar-refractivity contribution >= 4 is 31.6 Å². The van der Waals surface area contributed by atoms with Crippen LogP contribution < -0.4 is 10.5 Å². The second-order valence-corrected chi connectivity index (χ2v) is 8.06. The van der Waals surface area contributed by atoms with Crippen molar-refractivity contribution < 1.29 is 13.2 Å². The molecule has 1 fully saturated rings. The van der Waals surface area contributed by atoms with Crippen LogP contribution in [0.5, 0.6) is 5.75 Å². The maximum Gasteiger partial charge on any atom is 0.246 e. The number of rotatable bonds is 4. The standard InChI is InChI=1S/C14H21BrN2O3S/c1-3-10-5-4-6-17(9-10)21(18,19)14-8-12(16)11(15)7-13(14)20-2/h7-8,10H,3-6,9,16H2,1-2H3. The largest absolute Gasteiger partial charge is 0.495 e. The van der Waals surface area contributed by atoms with Crippen LogP contribution in [0.4, 0.5) is 5.69 Å². The van der Waals surface area contributed by atoms with Gasteiger partial charge in [0.25, 0.3) is 0 Å². The van der Waals surface area contributed by atoms with Crippen LogP contribution in [0.2, 0.25) is 0 Å². The molecule has 1 aliphatic rings. The number of sulfonamides is 1. The van der Waals surface area contributed by atoms with Gasteiger partial charge in [-0.25, -0.2) is 8.42 Å². The van der Waals surface area contributed by atoms with Crippen molar-refractivity contribution in [2.24, 2.45) is 5.92 Å². The maximum absolute atomic E-state index is 12.9. The Hall–Kier alpha value is -0.790. The molecule has 1 saturated heterocycles. The van der Waals surface area contributed by atoms with Crippen molar-refractivity contribution in [3.05, 3.63) is 16.6 Å². The van der Waals surface area contributed by atoms with Crippen LogP contribution in [0.3, 0.4) is 0 Å². The van der Waals surface area contributed by atoms with Crippen LogP contribution >= 0.6 is 15.9 Å². The summed E-state index contributed by atoms with van der Waals surface area (Å²) in [6.07, 6.45) is 2.97. The molecule has 0 saturated carbocycles. The molecule has 0 aromatic heterocycles. The van der Waals surface area contributed by atoms with Crippen LogP contribution in [0.25, 0.3) is 0 Å². The summed E-state index contributed by atoms with van der Waals surface area (Å²) in [5.74, 6) is 0.738. The van der Waals surface area contributed by atoms with E-state index in [0.29, 0.717) is 34.9 Å². The molecule has 0 bridgehead atoms. The molecule has 1 aromatic rings. The predicted molar refractivity (Wildman–Crippen MR) is 86.9 cm³/mol. The van der Waals surface area contributed by atoms with Gasteiger partial charge in [-0.1, -0.05) is 13.3 Å². The van der Waals surface area contributed by atoms with E-state index in [1.54, 1.807) is 10.4 Å². The average molecular weight is 377 g/mol. The normalized spacial score (nSPS) is 20.4. The van der Waals surface area contributed by atoms with E-state index in [1.807, 2.05) is 0 Å². The molecule has 2 N–H and O–H groups in total. The Balaban J connectivity index is 2.41. The zero-order chi connectivity index (χ0) is 15.6. The Morgan fingerprint density at radius 2 is 2.19 bits per heavy atom. The quantitative estimate of drug-likeness (QED) is 0.819. The van der Waals surface area contributed by atoms with Crippen molar-refractivity contribution in [3.8, 4) is 5.75 Å². The Morgan fingerprint density at radius 1 is 1.48 bits per heavy atom. The van der Waals surface area contributed by atoms with Gasteiger partial charge in [0.05, 0.1) is 7.11 Å². The minimum atomic E-state index is -3.58. The van der Waals surface area contributed by atoms with Gasteiger partial charge in [0.15, 0.2) is 0 Å². The van der Waals surface area contributed by atoms with E-state index in [4.69, 9.17) is 10.5 Å². The highest BCUT2D eigenvalue weighted by Gasteiger charge is 2.32. The van der Waals surface area contributed by atoms with Gasteiger partial charge in [-0.2, -0.15) is 4.31 Å². The number of methoxy groups -OCH3 is 1. The number of hydrogen-bond acceptors (Lipinski definition) is 4. The lowest BCUT2D eigenvalue weighted by atomic mass is 9.97. The van der Waals surface area contributed by atoms with E-state index in [9.17, 15) is 8.42 Å². The molecule has 1 heterocycles. The molecule has 1 atom stereocenters. The van der Waals surface area contributed by atoms with Gasteiger partial charge in [-0.05, 0) is 46.8 Å². The summed E-state index contributed by atoms with van der Waals surface area (Å²) in [6.45, 7) is 3.22. The molecule has 0 amide bonds. The first-order valence-electron chi connectivity index (χ1n) is 7.03. The number of nitrogen functional groups attached to an aromatic ring is 1. The van der Waals surface area contributed by atoms with Crippen LogP contribution in [-0.2, 0) is 10.0 Å². The Labute approximate surface area is 134 Å². The van der Waals surface area contributed by atoms with Crippen LogP contribution in [0.1, 0.15) is 26.2 Å². The lowest BCUT2D eigenvalue weighted by Gasteiger charge is -2.31. The second-order valence-electron chi connectivity index (χ2n) is 5.30. The summed E-state index contributed by atoms with van der Waals surface area (Å²) in [7, 11) is -2.12. The van der Waals surface area contributed by atoms with Crippen molar-refractivity contribution in [2.75, 3.05) is 25.9 Å². The number of piperidine rings is 1. The van der Waals surface area contributed by atoms with Gasteiger partial charge >= 0.3 is 0 Å². The number of halogens is 1. The fraction of sp³-hybridized carbons (Fsp3) is 0.571. The molecule has 118 valence electrons. The third-order valence-corrected chi connectivity index (χ3v) is 6.53. The van der Waals surface area contributed by atoms with Crippen molar-refractivity contribution in [2.45, 2.75) is 31.1 Å². The first-order chi connectivity index (χ1) is 9.90. The monoisotopic (exact) mass is 376 g/mol. The number of nitrogens with zero attached hydrogens (tertiary/aromatic N) is 1. The van der Waals surface area contributed by atoms with Gasteiger partial charge in [-0.15, -0.1) is 0 Å². The van der Waals surface area contributed by atoms with Gasteiger partial charge in [0.1, 0.15) is 10.6 Å². The van der Waals surface area contributed by atoms with Crippen molar-refractivity contribution in [3.63, 3.8) is 0 Å². The van der Waals surface area contributed by atoms with E-state index in [1.165, 1.54) is 13.2 Å². The van der Waals surface area contributed by atoms with Gasteiger partial charge < -0.3 is 10.5 Å². The van der Waals surface area contributed by atoms with E-state index in [2.05, 4.69) is 22.9 Å². The lowest BCUT2D eigenvalue weighted by molar-refractivity contribution is 0.260. The lowest BCUT2D eigenvalue weighted by Crippen LogP contribution is -2.39. The molecule has 7 heteroatoms. The predicted octanol–water partition coefficient (Wildman–Crippen LogP) is 2.85. The third kappa shape index (κ3) is 3.35. The SMILES string of the molecule is CCC1CCCN(S(=O)(=O)c2cc(N)c(Br)cc2OC)C1. The summed E-state index contributed by atoms with van der Waals surface area (Å²) in [5.41, 5.74) is 6.23. The molecule has 5 nitrogen and oxygen atoms in total. The van der Waals surface area contributed by atoms with E-state index in [-0.39, 0.29) is 4.90 Å². The Bertz CT molecular complexity index is 619. The Morgan fingerprint density at radius 3 is 2.81 bits per heavy atom. The molecule has 0 aliphatic carbocycles. The minimum Gasteiger partial charge on any atom is -0.495 e. The van der Waals surface area contributed by atoms with E-state index < -0.39 is 10.0 Å². The molecule has 0 spiro atoms. The number of benzene rings is 1. The van der Waals surface area contributed by atoms with Crippen LogP contribution in [0.15, 0.2) is 21.5 Å². The number of ether oxygens (including phenoxy) is 1. The number of hydrogen-bond donors (Lipinski definition) is 1. The molecule has 1 aromatic carbocycles. The summed E-state index contributed by atoms with van der Waals surface area (Å²) >= 11 is 3.29. The summed E-state index contributed by atoms with van der Waals surface area (Å²) in [5, 5.41) is 0. The molecule has 0 radical (unpaired) electrons. The first-order valence-corrected chi connectivity index (χ1v) is 9.26. The van der Waals surface area contributed by atoms with Crippen molar-refractivity contribution in [1.29, 1.82) is 0 Å². The maximum atomic E-state index is 12.9. The number of nitrogens with two attached hydrogens (primary N) is 1. The highest BCUT2D eigenvalue weighted by Crippen LogP contribution is 2.35. The zero-order valence-electron chi connectivity index (χ0n) is 12.3. The number of anilines is 1. The molecule has 1 aliphatic heterocycles. The van der Waals surface area contributed by atoms with Gasteiger partial charge in [-0.3, -0.25) is 0 Å².